The third-order valence-corrected chi connectivity index (χ3v) is 4.58. The molecule has 0 radical (unpaired) electrons. The number of aromatic nitrogens is 2. The van der Waals surface area contributed by atoms with Gasteiger partial charge in [0.15, 0.2) is 0 Å². The van der Waals surface area contributed by atoms with Crippen molar-refractivity contribution >= 4 is 0 Å². The zero-order valence-corrected chi connectivity index (χ0v) is 13.0. The molecule has 0 atom stereocenters. The molecule has 0 saturated heterocycles. The van der Waals surface area contributed by atoms with Crippen LogP contribution in [-0.4, -0.2) is 34.6 Å². The standard InChI is InChI=1S/C16H29N3O/c1-14-11-15(2)19(18-14)10-6-9-17-12-16(13-20)7-4-3-5-8-16/h11,17,20H,3-10,12-13H2,1-2H3. The van der Waals surface area contributed by atoms with Crippen molar-refractivity contribution in [3.05, 3.63) is 17.5 Å². The Morgan fingerprint density at radius 2 is 2.05 bits per heavy atom. The minimum absolute atomic E-state index is 0.149. The van der Waals surface area contributed by atoms with Crippen LogP contribution in [0.3, 0.4) is 0 Å². The second kappa shape index (κ2) is 7.23. The molecule has 1 aliphatic rings. The summed E-state index contributed by atoms with van der Waals surface area (Å²) in [5, 5.41) is 17.7. The van der Waals surface area contributed by atoms with E-state index < -0.39 is 0 Å². The number of rotatable bonds is 7. The van der Waals surface area contributed by atoms with E-state index in [2.05, 4.69) is 28.1 Å². The predicted molar refractivity (Wildman–Crippen MR) is 81.8 cm³/mol. The van der Waals surface area contributed by atoms with Crippen LogP contribution in [0, 0.1) is 19.3 Å². The molecule has 1 aromatic rings. The molecule has 2 N–H and O–H groups in total. The third-order valence-electron chi connectivity index (χ3n) is 4.58. The molecule has 0 aliphatic heterocycles. The molecular formula is C16H29N3O. The molecule has 0 bridgehead atoms. The molecule has 0 spiro atoms. The van der Waals surface area contributed by atoms with Crippen molar-refractivity contribution in [1.82, 2.24) is 15.1 Å². The summed E-state index contributed by atoms with van der Waals surface area (Å²) >= 11 is 0. The summed E-state index contributed by atoms with van der Waals surface area (Å²) in [5.41, 5.74) is 2.48. The summed E-state index contributed by atoms with van der Waals surface area (Å²) in [6.07, 6.45) is 7.31. The molecule has 20 heavy (non-hydrogen) atoms. The van der Waals surface area contributed by atoms with Gasteiger partial charge in [0.1, 0.15) is 0 Å². The van der Waals surface area contributed by atoms with Crippen molar-refractivity contribution in [3.63, 3.8) is 0 Å². The summed E-state index contributed by atoms with van der Waals surface area (Å²) in [5.74, 6) is 0. The zero-order chi connectivity index (χ0) is 14.4. The summed E-state index contributed by atoms with van der Waals surface area (Å²) < 4.78 is 2.08. The lowest BCUT2D eigenvalue weighted by Gasteiger charge is -2.35. The van der Waals surface area contributed by atoms with Crippen molar-refractivity contribution in [1.29, 1.82) is 0 Å². The van der Waals surface area contributed by atoms with Gasteiger partial charge in [0.25, 0.3) is 0 Å². The molecule has 2 rings (SSSR count). The van der Waals surface area contributed by atoms with E-state index in [0.29, 0.717) is 6.61 Å². The SMILES string of the molecule is Cc1cc(C)n(CCCNCC2(CO)CCCCC2)n1. The molecule has 0 unspecified atom stereocenters. The lowest BCUT2D eigenvalue weighted by atomic mass is 9.74. The van der Waals surface area contributed by atoms with Crippen molar-refractivity contribution in [3.8, 4) is 0 Å². The lowest BCUT2D eigenvalue weighted by molar-refractivity contribution is 0.0814. The van der Waals surface area contributed by atoms with Crippen LogP contribution >= 0.6 is 0 Å². The van der Waals surface area contributed by atoms with E-state index in [1.165, 1.54) is 37.8 Å². The average molecular weight is 279 g/mol. The van der Waals surface area contributed by atoms with Gasteiger partial charge in [0.2, 0.25) is 0 Å². The number of aliphatic hydroxyl groups is 1. The smallest absolute Gasteiger partial charge is 0.0596 e. The fourth-order valence-electron chi connectivity index (χ4n) is 3.30. The number of hydrogen-bond donors (Lipinski definition) is 2. The highest BCUT2D eigenvalue weighted by Crippen LogP contribution is 2.35. The predicted octanol–water partition coefficient (Wildman–Crippen LogP) is 2.42. The Morgan fingerprint density at radius 1 is 1.30 bits per heavy atom. The van der Waals surface area contributed by atoms with Crippen molar-refractivity contribution < 1.29 is 5.11 Å². The zero-order valence-electron chi connectivity index (χ0n) is 13.0. The highest BCUT2D eigenvalue weighted by molar-refractivity contribution is 5.06. The first-order valence-electron chi connectivity index (χ1n) is 7.98. The Balaban J connectivity index is 1.67. The van der Waals surface area contributed by atoms with Crippen LogP contribution in [0.15, 0.2) is 6.07 Å². The highest BCUT2D eigenvalue weighted by atomic mass is 16.3. The van der Waals surface area contributed by atoms with Crippen LogP contribution in [0.4, 0.5) is 0 Å². The summed E-state index contributed by atoms with van der Waals surface area (Å²) in [6.45, 7) is 7.41. The van der Waals surface area contributed by atoms with Gasteiger partial charge in [-0.25, -0.2) is 0 Å². The van der Waals surface area contributed by atoms with Crippen LogP contribution in [-0.2, 0) is 6.54 Å². The maximum atomic E-state index is 9.66. The van der Waals surface area contributed by atoms with E-state index in [9.17, 15) is 5.11 Å². The molecule has 1 aliphatic carbocycles. The van der Waals surface area contributed by atoms with Gasteiger partial charge in [0, 0.05) is 30.8 Å². The first-order chi connectivity index (χ1) is 9.65. The van der Waals surface area contributed by atoms with E-state index in [1.807, 2.05) is 6.92 Å². The second-order valence-electron chi connectivity index (χ2n) is 6.40. The van der Waals surface area contributed by atoms with Crippen LogP contribution in [0.2, 0.25) is 0 Å². The normalized spacial score (nSPS) is 18.4. The largest absolute Gasteiger partial charge is 0.396 e. The molecule has 0 amide bonds. The molecule has 1 fully saturated rings. The quantitative estimate of drug-likeness (QED) is 0.754. The van der Waals surface area contributed by atoms with Gasteiger partial charge in [-0.1, -0.05) is 19.3 Å². The Morgan fingerprint density at radius 3 is 2.65 bits per heavy atom. The molecular weight excluding hydrogens is 250 g/mol. The molecule has 1 heterocycles. The molecule has 0 aromatic carbocycles. The van der Waals surface area contributed by atoms with Crippen molar-refractivity contribution in [2.45, 2.75) is 58.9 Å². The van der Waals surface area contributed by atoms with Gasteiger partial charge in [-0.3, -0.25) is 4.68 Å². The van der Waals surface area contributed by atoms with Gasteiger partial charge >= 0.3 is 0 Å². The number of aliphatic hydroxyl groups excluding tert-OH is 1. The monoisotopic (exact) mass is 279 g/mol. The fraction of sp³-hybridized carbons (Fsp3) is 0.812. The number of nitrogens with zero attached hydrogens (tertiary/aromatic N) is 2. The highest BCUT2D eigenvalue weighted by Gasteiger charge is 2.30. The van der Waals surface area contributed by atoms with Gasteiger partial charge in [0.05, 0.1) is 5.69 Å². The fourth-order valence-corrected chi connectivity index (χ4v) is 3.30. The van der Waals surface area contributed by atoms with Gasteiger partial charge in [-0.2, -0.15) is 5.10 Å². The maximum absolute atomic E-state index is 9.66. The van der Waals surface area contributed by atoms with Crippen LogP contribution < -0.4 is 5.32 Å². The van der Waals surface area contributed by atoms with Gasteiger partial charge < -0.3 is 10.4 Å². The van der Waals surface area contributed by atoms with E-state index >= 15 is 0 Å². The van der Waals surface area contributed by atoms with E-state index in [4.69, 9.17) is 0 Å². The van der Waals surface area contributed by atoms with Crippen LogP contribution in [0.25, 0.3) is 0 Å². The molecule has 1 aromatic heterocycles. The number of aryl methyl sites for hydroxylation is 3. The Kier molecular flexibility index (Phi) is 5.61. The van der Waals surface area contributed by atoms with E-state index in [0.717, 1.165) is 31.7 Å². The molecule has 1 saturated carbocycles. The molecule has 4 nitrogen and oxygen atoms in total. The summed E-state index contributed by atoms with van der Waals surface area (Å²) in [7, 11) is 0. The Bertz CT molecular complexity index is 408. The first-order valence-corrected chi connectivity index (χ1v) is 7.98. The van der Waals surface area contributed by atoms with Gasteiger partial charge in [-0.15, -0.1) is 0 Å². The topological polar surface area (TPSA) is 50.1 Å². The maximum Gasteiger partial charge on any atom is 0.0596 e. The van der Waals surface area contributed by atoms with Crippen LogP contribution in [0.1, 0.15) is 49.9 Å². The first kappa shape index (κ1) is 15.5. The van der Waals surface area contributed by atoms with Gasteiger partial charge in [-0.05, 0) is 45.7 Å². The minimum Gasteiger partial charge on any atom is -0.396 e. The average Bonchev–Trinajstić information content (AvgIpc) is 2.78. The summed E-state index contributed by atoms with van der Waals surface area (Å²) in [4.78, 5) is 0. The van der Waals surface area contributed by atoms with Crippen molar-refractivity contribution in [2.75, 3.05) is 19.7 Å². The minimum atomic E-state index is 0.149. The summed E-state index contributed by atoms with van der Waals surface area (Å²) in [6, 6.07) is 2.12. The van der Waals surface area contributed by atoms with Crippen molar-refractivity contribution in [2.24, 2.45) is 5.41 Å². The Hall–Kier alpha value is -0.870. The lowest BCUT2D eigenvalue weighted by Crippen LogP contribution is -2.39. The van der Waals surface area contributed by atoms with Crippen LogP contribution in [0.5, 0.6) is 0 Å². The number of nitrogens with one attached hydrogen (secondary N) is 1. The van der Waals surface area contributed by atoms with E-state index in [1.54, 1.807) is 0 Å². The second-order valence-corrected chi connectivity index (χ2v) is 6.40. The molecule has 114 valence electrons. The van der Waals surface area contributed by atoms with E-state index in [-0.39, 0.29) is 5.41 Å². The Labute approximate surface area is 122 Å². The number of hydrogen-bond acceptors (Lipinski definition) is 3. The third kappa shape index (κ3) is 4.06. The molecule has 4 heteroatoms.